The van der Waals surface area contributed by atoms with Crippen molar-refractivity contribution in [2.24, 2.45) is 5.73 Å². The summed E-state index contributed by atoms with van der Waals surface area (Å²) in [6.45, 7) is 3.75. The molecule has 1 aliphatic rings. The topological polar surface area (TPSA) is 88.2 Å². The fraction of sp³-hybridized carbons (Fsp3) is 0.300. The first kappa shape index (κ1) is 17.2. The van der Waals surface area contributed by atoms with E-state index in [1.54, 1.807) is 6.20 Å². The van der Waals surface area contributed by atoms with Crippen LogP contribution in [0.5, 0.6) is 0 Å². The van der Waals surface area contributed by atoms with E-state index < -0.39 is 5.91 Å². The van der Waals surface area contributed by atoms with E-state index >= 15 is 0 Å². The number of primary amides is 1. The molecular weight excluding hydrogens is 314 g/mol. The lowest BCUT2D eigenvalue weighted by Gasteiger charge is -2.27. The van der Waals surface area contributed by atoms with Crippen molar-refractivity contribution in [2.45, 2.75) is 37.8 Å². The number of carbonyl (C=O) groups excluding carboxylic acids is 1. The lowest BCUT2D eigenvalue weighted by Crippen LogP contribution is -2.28. The summed E-state index contributed by atoms with van der Waals surface area (Å²) in [6, 6.07) is 12.1. The summed E-state index contributed by atoms with van der Waals surface area (Å²) in [5.74, 6) is 0.219. The van der Waals surface area contributed by atoms with E-state index in [9.17, 15) is 9.90 Å². The molecule has 1 aliphatic carbocycles. The number of rotatable bonds is 5. The van der Waals surface area contributed by atoms with Crippen molar-refractivity contribution in [3.63, 3.8) is 0 Å². The molecule has 0 bridgehead atoms. The number of aliphatic hydroxyl groups excluding tert-OH is 1. The number of anilines is 1. The van der Waals surface area contributed by atoms with Crippen LogP contribution in [0.3, 0.4) is 0 Å². The van der Waals surface area contributed by atoms with Crippen LogP contribution in [-0.2, 0) is 4.79 Å². The fourth-order valence-corrected chi connectivity index (χ4v) is 3.14. The second-order valence-corrected chi connectivity index (χ2v) is 6.48. The van der Waals surface area contributed by atoms with Crippen LogP contribution in [0.25, 0.3) is 16.7 Å². The normalized spacial score (nSPS) is 20.0. The Morgan fingerprint density at radius 2 is 1.88 bits per heavy atom. The van der Waals surface area contributed by atoms with E-state index in [1.165, 1.54) is 0 Å². The van der Waals surface area contributed by atoms with Gasteiger partial charge < -0.3 is 16.2 Å². The number of benzene rings is 1. The Bertz CT molecular complexity index is 766. The second kappa shape index (κ2) is 7.49. The summed E-state index contributed by atoms with van der Waals surface area (Å²) in [6.07, 6.45) is 4.85. The first-order valence-corrected chi connectivity index (χ1v) is 8.53. The van der Waals surface area contributed by atoms with Crippen LogP contribution >= 0.6 is 0 Å². The quantitative estimate of drug-likeness (QED) is 0.732. The van der Waals surface area contributed by atoms with Gasteiger partial charge in [-0.25, -0.2) is 4.98 Å². The van der Waals surface area contributed by atoms with Crippen molar-refractivity contribution in [1.29, 1.82) is 0 Å². The SMILES string of the molecule is C=C(C(N)=O)c1cnc(NC2CCC(O)CC2)c(-c2ccccc2)c1. The van der Waals surface area contributed by atoms with Gasteiger partial charge in [-0.15, -0.1) is 0 Å². The zero-order valence-corrected chi connectivity index (χ0v) is 14.1. The molecule has 1 amide bonds. The number of nitrogens with two attached hydrogens (primary N) is 1. The summed E-state index contributed by atoms with van der Waals surface area (Å²) >= 11 is 0. The Morgan fingerprint density at radius 1 is 1.20 bits per heavy atom. The van der Waals surface area contributed by atoms with Crippen LogP contribution in [-0.4, -0.2) is 28.1 Å². The monoisotopic (exact) mass is 337 g/mol. The van der Waals surface area contributed by atoms with Gasteiger partial charge in [0.1, 0.15) is 5.82 Å². The van der Waals surface area contributed by atoms with E-state index in [-0.39, 0.29) is 17.7 Å². The molecule has 1 saturated carbocycles. The van der Waals surface area contributed by atoms with Crippen LogP contribution in [0.15, 0.2) is 49.2 Å². The Balaban J connectivity index is 1.94. The standard InChI is InChI=1S/C20H23N3O2/c1-13(19(21)25)15-11-18(14-5-3-2-4-6-14)20(22-12-15)23-16-7-9-17(24)10-8-16/h2-6,11-12,16-17,24H,1,7-10H2,(H2,21,25)(H,22,23). The van der Waals surface area contributed by atoms with Gasteiger partial charge in [0.2, 0.25) is 5.91 Å². The maximum absolute atomic E-state index is 11.4. The first-order chi connectivity index (χ1) is 12.0. The van der Waals surface area contributed by atoms with Crippen molar-refractivity contribution < 1.29 is 9.90 Å². The fourth-order valence-electron chi connectivity index (χ4n) is 3.14. The van der Waals surface area contributed by atoms with E-state index in [0.29, 0.717) is 5.56 Å². The molecule has 0 radical (unpaired) electrons. The highest BCUT2D eigenvalue weighted by molar-refractivity contribution is 6.18. The van der Waals surface area contributed by atoms with Gasteiger partial charge in [0.25, 0.3) is 0 Å². The van der Waals surface area contributed by atoms with Crippen molar-refractivity contribution in [3.05, 3.63) is 54.7 Å². The number of aliphatic hydroxyl groups is 1. The molecule has 25 heavy (non-hydrogen) atoms. The van der Waals surface area contributed by atoms with Crippen LogP contribution in [0.4, 0.5) is 5.82 Å². The molecule has 5 heteroatoms. The van der Waals surface area contributed by atoms with Gasteiger partial charge in [0, 0.05) is 28.9 Å². The van der Waals surface area contributed by atoms with E-state index in [1.807, 2.05) is 36.4 Å². The van der Waals surface area contributed by atoms with Crippen LogP contribution < -0.4 is 11.1 Å². The minimum atomic E-state index is -0.553. The second-order valence-electron chi connectivity index (χ2n) is 6.48. The number of carbonyl (C=O) groups is 1. The van der Waals surface area contributed by atoms with Gasteiger partial charge in [-0.2, -0.15) is 0 Å². The predicted molar refractivity (Wildman–Crippen MR) is 99.8 cm³/mol. The minimum absolute atomic E-state index is 0.194. The molecule has 1 aromatic heterocycles. The first-order valence-electron chi connectivity index (χ1n) is 8.53. The molecule has 1 heterocycles. The molecule has 4 N–H and O–H groups in total. The van der Waals surface area contributed by atoms with Gasteiger partial charge >= 0.3 is 0 Å². The van der Waals surface area contributed by atoms with E-state index in [4.69, 9.17) is 5.73 Å². The highest BCUT2D eigenvalue weighted by atomic mass is 16.3. The Morgan fingerprint density at radius 3 is 2.52 bits per heavy atom. The maximum Gasteiger partial charge on any atom is 0.248 e. The van der Waals surface area contributed by atoms with Crippen molar-refractivity contribution in [2.75, 3.05) is 5.32 Å². The number of nitrogens with one attached hydrogen (secondary N) is 1. The molecular formula is C20H23N3O2. The Kier molecular flexibility index (Phi) is 5.14. The number of amides is 1. The molecule has 0 atom stereocenters. The molecule has 1 fully saturated rings. The minimum Gasteiger partial charge on any atom is -0.393 e. The van der Waals surface area contributed by atoms with Crippen LogP contribution in [0, 0.1) is 0 Å². The van der Waals surface area contributed by atoms with Crippen molar-refractivity contribution in [3.8, 4) is 11.1 Å². The van der Waals surface area contributed by atoms with Gasteiger partial charge in [0.05, 0.1) is 6.10 Å². The highest BCUT2D eigenvalue weighted by Gasteiger charge is 2.21. The third-order valence-electron chi connectivity index (χ3n) is 4.66. The number of nitrogens with zero attached hydrogens (tertiary/aromatic N) is 1. The van der Waals surface area contributed by atoms with Crippen LogP contribution in [0.1, 0.15) is 31.2 Å². The number of aromatic nitrogens is 1. The molecule has 0 spiro atoms. The van der Waals surface area contributed by atoms with Crippen molar-refractivity contribution in [1.82, 2.24) is 4.98 Å². The number of pyridine rings is 1. The largest absolute Gasteiger partial charge is 0.393 e. The number of hydrogen-bond acceptors (Lipinski definition) is 4. The van der Waals surface area contributed by atoms with Crippen molar-refractivity contribution >= 4 is 17.3 Å². The smallest absolute Gasteiger partial charge is 0.248 e. The molecule has 0 aliphatic heterocycles. The van der Waals surface area contributed by atoms with Gasteiger partial charge in [-0.3, -0.25) is 4.79 Å². The summed E-state index contributed by atoms with van der Waals surface area (Å²) in [5, 5.41) is 13.2. The van der Waals surface area contributed by atoms with Gasteiger partial charge in [-0.05, 0) is 37.3 Å². The highest BCUT2D eigenvalue weighted by Crippen LogP contribution is 2.31. The maximum atomic E-state index is 11.4. The van der Waals surface area contributed by atoms with E-state index in [2.05, 4.69) is 16.9 Å². The number of hydrogen-bond donors (Lipinski definition) is 3. The summed E-state index contributed by atoms with van der Waals surface area (Å²) in [7, 11) is 0. The predicted octanol–water partition coefficient (Wildman–Crippen LogP) is 2.96. The summed E-state index contributed by atoms with van der Waals surface area (Å²) < 4.78 is 0. The van der Waals surface area contributed by atoms with E-state index in [0.717, 1.165) is 42.6 Å². The average Bonchev–Trinajstić information content (AvgIpc) is 2.64. The molecule has 130 valence electrons. The molecule has 2 aromatic rings. The zero-order valence-electron chi connectivity index (χ0n) is 14.1. The van der Waals surface area contributed by atoms with Gasteiger partial charge in [0.15, 0.2) is 0 Å². The van der Waals surface area contributed by atoms with Gasteiger partial charge in [-0.1, -0.05) is 36.9 Å². The molecule has 3 rings (SSSR count). The summed E-state index contributed by atoms with van der Waals surface area (Å²) in [5.41, 5.74) is 8.14. The Hall–Kier alpha value is -2.66. The Labute approximate surface area is 147 Å². The average molecular weight is 337 g/mol. The van der Waals surface area contributed by atoms with Crippen LogP contribution in [0.2, 0.25) is 0 Å². The molecule has 0 saturated heterocycles. The summed E-state index contributed by atoms with van der Waals surface area (Å²) in [4.78, 5) is 16.0. The third-order valence-corrected chi connectivity index (χ3v) is 4.66. The zero-order chi connectivity index (χ0) is 17.8. The molecule has 5 nitrogen and oxygen atoms in total. The lowest BCUT2D eigenvalue weighted by molar-refractivity contribution is -0.112. The molecule has 1 aromatic carbocycles. The lowest BCUT2D eigenvalue weighted by atomic mass is 9.92. The third kappa shape index (κ3) is 4.06. The molecule has 0 unspecified atom stereocenters.